The summed E-state index contributed by atoms with van der Waals surface area (Å²) in [5, 5.41) is 0.562. The van der Waals surface area contributed by atoms with Crippen molar-refractivity contribution in [3.63, 3.8) is 0 Å². The van der Waals surface area contributed by atoms with Crippen LogP contribution in [0.5, 0.6) is 11.6 Å². The molecule has 4 heteroatoms. The smallest absolute Gasteiger partial charge is 0.219 e. The molecule has 0 unspecified atom stereocenters. The Hall–Kier alpha value is -1.58. The van der Waals surface area contributed by atoms with E-state index in [9.17, 15) is 0 Å². The second kappa shape index (κ2) is 5.59. The van der Waals surface area contributed by atoms with E-state index in [2.05, 4.69) is 18.0 Å². The fourth-order valence-corrected chi connectivity index (χ4v) is 2.07. The van der Waals surface area contributed by atoms with Gasteiger partial charge in [-0.25, -0.2) is 4.98 Å². The van der Waals surface area contributed by atoms with Crippen molar-refractivity contribution >= 4 is 11.6 Å². The highest BCUT2D eigenvalue weighted by Crippen LogP contribution is 2.29. The van der Waals surface area contributed by atoms with Gasteiger partial charge in [-0.05, 0) is 49.1 Å². The van der Waals surface area contributed by atoms with Gasteiger partial charge in [0.15, 0.2) is 0 Å². The molecule has 0 radical (unpaired) electrons. The summed E-state index contributed by atoms with van der Waals surface area (Å²) in [6, 6.07) is 5.91. The van der Waals surface area contributed by atoms with E-state index >= 15 is 0 Å². The molecule has 2 rings (SSSR count). The van der Waals surface area contributed by atoms with Crippen molar-refractivity contribution in [3.05, 3.63) is 51.7 Å². The van der Waals surface area contributed by atoms with Gasteiger partial charge in [0.2, 0.25) is 5.88 Å². The SMILES string of the molecule is Cc1cc(C)c(C)c(Oc2cc(CN)c(Cl)cn2)c1. The normalized spacial score (nSPS) is 10.6. The van der Waals surface area contributed by atoms with Gasteiger partial charge in [-0.3, -0.25) is 0 Å². The molecule has 0 bridgehead atoms. The summed E-state index contributed by atoms with van der Waals surface area (Å²) in [5.74, 6) is 1.33. The second-order valence-corrected chi connectivity index (χ2v) is 5.03. The number of aromatic nitrogens is 1. The predicted octanol–water partition coefficient (Wildman–Crippen LogP) is 3.91. The molecular formula is C15H17ClN2O. The van der Waals surface area contributed by atoms with Crippen molar-refractivity contribution in [2.24, 2.45) is 5.73 Å². The van der Waals surface area contributed by atoms with E-state index < -0.39 is 0 Å². The van der Waals surface area contributed by atoms with Gasteiger partial charge < -0.3 is 10.5 Å². The number of ether oxygens (including phenoxy) is 1. The van der Waals surface area contributed by atoms with Crippen LogP contribution in [0.25, 0.3) is 0 Å². The number of benzene rings is 1. The number of hydrogen-bond donors (Lipinski definition) is 1. The van der Waals surface area contributed by atoms with E-state index in [-0.39, 0.29) is 0 Å². The van der Waals surface area contributed by atoms with E-state index in [0.717, 1.165) is 22.4 Å². The molecule has 0 aliphatic heterocycles. The van der Waals surface area contributed by atoms with Crippen LogP contribution in [0.1, 0.15) is 22.3 Å². The Bertz CT molecular complexity index is 611. The maximum absolute atomic E-state index is 5.98. The van der Waals surface area contributed by atoms with E-state index in [1.807, 2.05) is 19.9 Å². The molecule has 1 heterocycles. The lowest BCUT2D eigenvalue weighted by Gasteiger charge is -2.12. The zero-order chi connectivity index (χ0) is 14.0. The van der Waals surface area contributed by atoms with Crippen LogP contribution >= 0.6 is 11.6 Å². The third-order valence-electron chi connectivity index (χ3n) is 3.11. The molecule has 19 heavy (non-hydrogen) atoms. The van der Waals surface area contributed by atoms with Crippen LogP contribution in [-0.2, 0) is 6.54 Å². The van der Waals surface area contributed by atoms with Crippen molar-refractivity contribution in [3.8, 4) is 11.6 Å². The number of aryl methyl sites for hydroxylation is 2. The molecule has 100 valence electrons. The summed E-state index contributed by atoms with van der Waals surface area (Å²) in [6.07, 6.45) is 1.57. The summed E-state index contributed by atoms with van der Waals surface area (Å²) in [7, 11) is 0. The lowest BCUT2D eigenvalue weighted by Crippen LogP contribution is -1.99. The maximum atomic E-state index is 5.98. The van der Waals surface area contributed by atoms with Crippen molar-refractivity contribution in [1.29, 1.82) is 0 Å². The van der Waals surface area contributed by atoms with Crippen LogP contribution < -0.4 is 10.5 Å². The number of halogens is 1. The Morgan fingerprint density at radius 3 is 2.63 bits per heavy atom. The second-order valence-electron chi connectivity index (χ2n) is 4.63. The van der Waals surface area contributed by atoms with Crippen molar-refractivity contribution in [2.45, 2.75) is 27.3 Å². The largest absolute Gasteiger partial charge is 0.439 e. The molecule has 2 N–H and O–H groups in total. The molecule has 0 spiro atoms. The highest BCUT2D eigenvalue weighted by atomic mass is 35.5. The molecule has 0 aliphatic carbocycles. The molecular weight excluding hydrogens is 260 g/mol. The average Bonchev–Trinajstić information content (AvgIpc) is 2.37. The van der Waals surface area contributed by atoms with Crippen LogP contribution in [0.4, 0.5) is 0 Å². The molecule has 0 atom stereocenters. The van der Waals surface area contributed by atoms with Crippen molar-refractivity contribution in [1.82, 2.24) is 4.98 Å². The average molecular weight is 277 g/mol. The molecule has 0 fully saturated rings. The van der Waals surface area contributed by atoms with E-state index in [1.54, 1.807) is 12.3 Å². The Balaban J connectivity index is 2.36. The standard InChI is InChI=1S/C15H17ClN2O/c1-9-4-10(2)11(3)14(5-9)19-15-6-12(7-17)13(16)8-18-15/h4-6,8H,7,17H2,1-3H3. The third-order valence-corrected chi connectivity index (χ3v) is 3.45. The van der Waals surface area contributed by atoms with Gasteiger partial charge in [0, 0.05) is 18.8 Å². The molecule has 1 aromatic heterocycles. The fraction of sp³-hybridized carbons (Fsp3) is 0.267. The molecule has 0 saturated heterocycles. The Labute approximate surface area is 118 Å². The molecule has 0 amide bonds. The molecule has 0 saturated carbocycles. The van der Waals surface area contributed by atoms with Gasteiger partial charge in [-0.15, -0.1) is 0 Å². The van der Waals surface area contributed by atoms with Gasteiger partial charge in [0.1, 0.15) is 5.75 Å². The fourth-order valence-electron chi connectivity index (χ4n) is 1.89. The minimum atomic E-state index is 0.365. The number of hydrogen-bond acceptors (Lipinski definition) is 3. The van der Waals surface area contributed by atoms with Gasteiger partial charge >= 0.3 is 0 Å². The summed E-state index contributed by atoms with van der Waals surface area (Å²) < 4.78 is 5.84. The predicted molar refractivity (Wildman–Crippen MR) is 77.9 cm³/mol. The molecule has 1 aromatic carbocycles. The summed E-state index contributed by atoms with van der Waals surface area (Å²) in [4.78, 5) is 4.17. The lowest BCUT2D eigenvalue weighted by atomic mass is 10.1. The van der Waals surface area contributed by atoms with E-state index in [1.165, 1.54) is 5.56 Å². The minimum Gasteiger partial charge on any atom is -0.439 e. The number of nitrogens with zero attached hydrogens (tertiary/aromatic N) is 1. The first kappa shape index (κ1) is 13.8. The lowest BCUT2D eigenvalue weighted by molar-refractivity contribution is 0.458. The Kier molecular flexibility index (Phi) is 4.08. The van der Waals surface area contributed by atoms with Gasteiger partial charge in [0.05, 0.1) is 5.02 Å². The summed E-state index contributed by atoms with van der Waals surface area (Å²) in [6.45, 7) is 6.50. The Morgan fingerprint density at radius 1 is 1.21 bits per heavy atom. The van der Waals surface area contributed by atoms with Crippen LogP contribution in [0.2, 0.25) is 5.02 Å². The number of pyridine rings is 1. The van der Waals surface area contributed by atoms with Gasteiger partial charge in [-0.1, -0.05) is 17.7 Å². The van der Waals surface area contributed by atoms with Crippen molar-refractivity contribution < 1.29 is 4.74 Å². The summed E-state index contributed by atoms with van der Waals surface area (Å²) >= 11 is 5.98. The third kappa shape index (κ3) is 3.06. The first-order valence-corrected chi connectivity index (χ1v) is 6.49. The van der Waals surface area contributed by atoms with Crippen molar-refractivity contribution in [2.75, 3.05) is 0 Å². The Morgan fingerprint density at radius 2 is 1.95 bits per heavy atom. The van der Waals surface area contributed by atoms with Crippen LogP contribution in [0.15, 0.2) is 24.4 Å². The quantitative estimate of drug-likeness (QED) is 0.924. The van der Waals surface area contributed by atoms with E-state index in [4.69, 9.17) is 22.1 Å². The first-order chi connectivity index (χ1) is 9.01. The van der Waals surface area contributed by atoms with Crippen LogP contribution in [0, 0.1) is 20.8 Å². The first-order valence-electron chi connectivity index (χ1n) is 6.11. The maximum Gasteiger partial charge on any atom is 0.219 e. The highest BCUT2D eigenvalue weighted by Gasteiger charge is 2.08. The molecule has 0 aliphatic rings. The minimum absolute atomic E-state index is 0.365. The highest BCUT2D eigenvalue weighted by molar-refractivity contribution is 6.31. The number of rotatable bonds is 3. The zero-order valence-corrected chi connectivity index (χ0v) is 12.1. The topological polar surface area (TPSA) is 48.1 Å². The summed E-state index contributed by atoms with van der Waals surface area (Å²) in [5.41, 5.74) is 9.91. The molecule has 3 nitrogen and oxygen atoms in total. The number of nitrogens with two attached hydrogens (primary N) is 1. The monoisotopic (exact) mass is 276 g/mol. The molecule has 2 aromatic rings. The van der Waals surface area contributed by atoms with Gasteiger partial charge in [0.25, 0.3) is 0 Å². The zero-order valence-electron chi connectivity index (χ0n) is 11.3. The van der Waals surface area contributed by atoms with E-state index in [0.29, 0.717) is 17.4 Å². The van der Waals surface area contributed by atoms with Crippen LogP contribution in [0.3, 0.4) is 0 Å². The van der Waals surface area contributed by atoms with Gasteiger partial charge in [-0.2, -0.15) is 0 Å². The van der Waals surface area contributed by atoms with Crippen LogP contribution in [-0.4, -0.2) is 4.98 Å².